The van der Waals surface area contributed by atoms with Crippen molar-refractivity contribution >= 4 is 29.2 Å². The number of carboxylic acid groups (broad SMARTS) is 1. The molecule has 1 rings (SSSR count). The van der Waals surface area contributed by atoms with Gasteiger partial charge in [-0.15, -0.1) is 0 Å². The summed E-state index contributed by atoms with van der Waals surface area (Å²) in [6.45, 7) is 0. The Hall–Kier alpha value is -1.59. The number of benzene rings is 1. The van der Waals surface area contributed by atoms with Gasteiger partial charge in [0.05, 0.1) is 16.8 Å². The summed E-state index contributed by atoms with van der Waals surface area (Å²) in [7, 11) is 0. The molecule has 1 aromatic rings. The molecule has 0 aliphatic carbocycles. The summed E-state index contributed by atoms with van der Waals surface area (Å²) in [6, 6.07) is 5.89. The van der Waals surface area contributed by atoms with E-state index in [1.165, 1.54) is 0 Å². The second-order valence-corrected chi connectivity index (χ2v) is 3.92. The Morgan fingerprint density at radius 3 is 2.65 bits per heavy atom. The topological polar surface area (TPSA) is 92.4 Å². The van der Waals surface area contributed by atoms with Gasteiger partial charge in [0.25, 0.3) is 0 Å². The Bertz CT molecular complexity index is 423. The van der Waals surface area contributed by atoms with Gasteiger partial charge in [-0.25, -0.2) is 0 Å². The summed E-state index contributed by atoms with van der Waals surface area (Å²) in [5.41, 5.74) is 6.01. The predicted molar refractivity (Wildman–Crippen MR) is 64.9 cm³/mol. The molecule has 0 saturated carbocycles. The first-order chi connectivity index (χ1) is 8.00. The molecule has 0 aliphatic rings. The lowest BCUT2D eigenvalue weighted by Crippen LogP contribution is -2.36. The molecule has 0 fully saturated rings. The first kappa shape index (κ1) is 13.5. The van der Waals surface area contributed by atoms with Crippen molar-refractivity contribution in [3.05, 3.63) is 29.3 Å². The second-order valence-electron chi connectivity index (χ2n) is 3.51. The van der Waals surface area contributed by atoms with Crippen LogP contribution in [0.15, 0.2) is 24.3 Å². The number of carbonyl (C=O) groups is 2. The zero-order valence-corrected chi connectivity index (χ0v) is 9.78. The Morgan fingerprint density at radius 1 is 1.41 bits per heavy atom. The van der Waals surface area contributed by atoms with Crippen LogP contribution in [0.25, 0.3) is 0 Å². The van der Waals surface area contributed by atoms with Crippen molar-refractivity contribution in [2.45, 2.75) is 18.9 Å². The van der Waals surface area contributed by atoms with Gasteiger partial charge in [0.2, 0.25) is 5.91 Å². The lowest BCUT2D eigenvalue weighted by atomic mass is 10.1. The van der Waals surface area contributed by atoms with Crippen molar-refractivity contribution in [1.82, 2.24) is 0 Å². The Morgan fingerprint density at radius 2 is 2.06 bits per heavy atom. The number of carbonyl (C=O) groups excluding carboxylic acids is 1. The van der Waals surface area contributed by atoms with Crippen molar-refractivity contribution in [3.63, 3.8) is 0 Å². The van der Waals surface area contributed by atoms with Gasteiger partial charge in [-0.3, -0.25) is 9.59 Å². The molecular formula is C11H13ClN2O3. The largest absolute Gasteiger partial charge is 0.481 e. The van der Waals surface area contributed by atoms with Gasteiger partial charge in [-0.05, 0) is 18.6 Å². The highest BCUT2D eigenvalue weighted by atomic mass is 35.5. The number of hydrogen-bond acceptors (Lipinski definition) is 3. The minimum Gasteiger partial charge on any atom is -0.481 e. The van der Waals surface area contributed by atoms with Gasteiger partial charge in [0.1, 0.15) is 0 Å². The quantitative estimate of drug-likeness (QED) is 0.744. The number of para-hydroxylation sites is 1. The van der Waals surface area contributed by atoms with E-state index in [1.54, 1.807) is 24.3 Å². The number of amides is 1. The average Bonchev–Trinajstić information content (AvgIpc) is 2.28. The second kappa shape index (κ2) is 6.22. The van der Waals surface area contributed by atoms with E-state index in [-0.39, 0.29) is 12.8 Å². The van der Waals surface area contributed by atoms with Gasteiger partial charge in [0.15, 0.2) is 0 Å². The highest BCUT2D eigenvalue weighted by Crippen LogP contribution is 2.20. The Kier molecular flexibility index (Phi) is 4.93. The van der Waals surface area contributed by atoms with Crippen LogP contribution in [0.2, 0.25) is 5.02 Å². The fourth-order valence-corrected chi connectivity index (χ4v) is 1.38. The van der Waals surface area contributed by atoms with Crippen LogP contribution < -0.4 is 11.1 Å². The molecule has 0 bridgehead atoms. The summed E-state index contributed by atoms with van der Waals surface area (Å²) in [6.07, 6.45) is -0.0528. The van der Waals surface area contributed by atoms with E-state index in [1.807, 2.05) is 0 Å². The fourth-order valence-electron chi connectivity index (χ4n) is 1.20. The summed E-state index contributed by atoms with van der Waals surface area (Å²) in [5, 5.41) is 11.4. The maximum Gasteiger partial charge on any atom is 0.303 e. The Balaban J connectivity index is 2.54. The SMILES string of the molecule is NC(CCC(=O)O)C(=O)Nc1ccccc1Cl. The van der Waals surface area contributed by atoms with E-state index in [2.05, 4.69) is 5.32 Å². The van der Waals surface area contributed by atoms with Crippen LogP contribution in [0, 0.1) is 0 Å². The average molecular weight is 257 g/mol. The highest BCUT2D eigenvalue weighted by Gasteiger charge is 2.15. The first-order valence-corrected chi connectivity index (χ1v) is 5.41. The third kappa shape index (κ3) is 4.42. The lowest BCUT2D eigenvalue weighted by Gasteiger charge is -2.11. The molecule has 0 aromatic heterocycles. The molecule has 6 heteroatoms. The van der Waals surface area contributed by atoms with Gasteiger partial charge < -0.3 is 16.2 Å². The minimum absolute atomic E-state index is 0.0889. The number of nitrogens with two attached hydrogens (primary N) is 1. The molecule has 1 amide bonds. The van der Waals surface area contributed by atoms with E-state index < -0.39 is 17.9 Å². The van der Waals surface area contributed by atoms with Crippen LogP contribution >= 0.6 is 11.6 Å². The zero-order chi connectivity index (χ0) is 12.8. The normalized spacial score (nSPS) is 11.9. The van der Waals surface area contributed by atoms with Gasteiger partial charge >= 0.3 is 5.97 Å². The number of anilines is 1. The molecule has 0 aliphatic heterocycles. The molecule has 4 N–H and O–H groups in total. The molecule has 1 aromatic carbocycles. The predicted octanol–water partition coefficient (Wildman–Crippen LogP) is 1.47. The number of halogens is 1. The van der Waals surface area contributed by atoms with Crippen LogP contribution in [0.3, 0.4) is 0 Å². The molecule has 1 atom stereocenters. The Labute approximate surface area is 104 Å². The number of carboxylic acids is 1. The van der Waals surface area contributed by atoms with Crippen LogP contribution in [-0.4, -0.2) is 23.0 Å². The van der Waals surface area contributed by atoms with E-state index >= 15 is 0 Å². The molecule has 0 saturated heterocycles. The van der Waals surface area contributed by atoms with E-state index in [9.17, 15) is 9.59 Å². The van der Waals surface area contributed by atoms with Crippen molar-refractivity contribution in [3.8, 4) is 0 Å². The highest BCUT2D eigenvalue weighted by molar-refractivity contribution is 6.33. The van der Waals surface area contributed by atoms with Crippen molar-refractivity contribution < 1.29 is 14.7 Å². The molecular weight excluding hydrogens is 244 g/mol. The van der Waals surface area contributed by atoms with Gasteiger partial charge in [-0.1, -0.05) is 23.7 Å². The molecule has 0 radical (unpaired) electrons. The van der Waals surface area contributed by atoms with E-state index in [4.69, 9.17) is 22.4 Å². The first-order valence-electron chi connectivity index (χ1n) is 5.03. The monoisotopic (exact) mass is 256 g/mol. The molecule has 17 heavy (non-hydrogen) atoms. The van der Waals surface area contributed by atoms with E-state index in [0.29, 0.717) is 10.7 Å². The van der Waals surface area contributed by atoms with Crippen LogP contribution in [0.5, 0.6) is 0 Å². The summed E-state index contributed by atoms with van der Waals surface area (Å²) < 4.78 is 0. The maximum atomic E-state index is 11.6. The van der Waals surface area contributed by atoms with Crippen LogP contribution in [-0.2, 0) is 9.59 Å². The van der Waals surface area contributed by atoms with Crippen molar-refractivity contribution in [2.75, 3.05) is 5.32 Å². The molecule has 0 heterocycles. The third-order valence-electron chi connectivity index (χ3n) is 2.14. The lowest BCUT2D eigenvalue weighted by molar-refractivity contribution is -0.137. The number of nitrogens with one attached hydrogen (secondary N) is 1. The number of hydrogen-bond donors (Lipinski definition) is 3. The summed E-state index contributed by atoms with van der Waals surface area (Å²) in [4.78, 5) is 21.9. The fraction of sp³-hybridized carbons (Fsp3) is 0.273. The molecule has 92 valence electrons. The van der Waals surface area contributed by atoms with Crippen LogP contribution in [0.1, 0.15) is 12.8 Å². The summed E-state index contributed by atoms with van der Waals surface area (Å²) >= 11 is 5.85. The molecule has 1 unspecified atom stereocenters. The van der Waals surface area contributed by atoms with Crippen molar-refractivity contribution in [2.24, 2.45) is 5.73 Å². The maximum absolute atomic E-state index is 11.6. The molecule has 0 spiro atoms. The van der Waals surface area contributed by atoms with Crippen molar-refractivity contribution in [1.29, 1.82) is 0 Å². The molecule has 5 nitrogen and oxygen atoms in total. The number of aliphatic carboxylic acids is 1. The smallest absolute Gasteiger partial charge is 0.303 e. The van der Waals surface area contributed by atoms with E-state index in [0.717, 1.165) is 0 Å². The van der Waals surface area contributed by atoms with Gasteiger partial charge in [-0.2, -0.15) is 0 Å². The van der Waals surface area contributed by atoms with Gasteiger partial charge in [0, 0.05) is 6.42 Å². The standard InChI is InChI=1S/C11H13ClN2O3/c12-7-3-1-2-4-9(7)14-11(17)8(13)5-6-10(15)16/h1-4,8H,5-6,13H2,(H,14,17)(H,15,16). The van der Waals surface area contributed by atoms with Crippen LogP contribution in [0.4, 0.5) is 5.69 Å². The zero-order valence-electron chi connectivity index (χ0n) is 9.02. The third-order valence-corrected chi connectivity index (χ3v) is 2.47. The minimum atomic E-state index is -0.981. The number of rotatable bonds is 5. The summed E-state index contributed by atoms with van der Waals surface area (Å²) in [5.74, 6) is -1.43.